The fourth-order valence-electron chi connectivity index (χ4n) is 3.06. The monoisotopic (exact) mass is 453 g/mol. The van der Waals surface area contributed by atoms with Gasteiger partial charge in [0.25, 0.3) is 0 Å². The summed E-state index contributed by atoms with van der Waals surface area (Å²) in [7, 11) is 1.76. The minimum atomic E-state index is -0.114. The van der Waals surface area contributed by atoms with Gasteiger partial charge in [-0.2, -0.15) is 0 Å². The number of halogens is 2. The van der Waals surface area contributed by atoms with E-state index in [1.165, 1.54) is 5.56 Å². The second kappa shape index (κ2) is 8.65. The molecule has 1 atom stereocenters. The fourth-order valence-corrected chi connectivity index (χ4v) is 3.06. The molecule has 1 unspecified atom stereocenters. The van der Waals surface area contributed by atoms with Crippen LogP contribution in [-0.2, 0) is 5.41 Å². The third-order valence-electron chi connectivity index (χ3n) is 4.77. The molecule has 5 heteroatoms. The van der Waals surface area contributed by atoms with E-state index < -0.39 is 0 Å². The lowest BCUT2D eigenvalue weighted by Crippen LogP contribution is -2.42. The molecule has 1 fully saturated rings. The lowest BCUT2D eigenvalue weighted by atomic mass is 9.95. The molecule has 3 rings (SSSR count). The highest BCUT2D eigenvalue weighted by atomic mass is 127. The van der Waals surface area contributed by atoms with E-state index in [1.807, 2.05) is 30.3 Å². The standard InChI is InChI=1S/C20H24FN3.HI/c1-15(16-8-4-3-5-9-16)24-19(22-2)23-14-20(12-13-20)17-10-6-7-11-18(17)21;/h3-11,15H,12-14H2,1-2H3,(H2,22,23,24);1H. The van der Waals surface area contributed by atoms with E-state index in [2.05, 4.69) is 34.7 Å². The Morgan fingerprint density at radius 3 is 2.36 bits per heavy atom. The topological polar surface area (TPSA) is 36.4 Å². The first-order valence-corrected chi connectivity index (χ1v) is 8.42. The van der Waals surface area contributed by atoms with Crippen molar-refractivity contribution in [2.75, 3.05) is 13.6 Å². The summed E-state index contributed by atoms with van der Waals surface area (Å²) in [6.07, 6.45) is 2.01. The van der Waals surface area contributed by atoms with Crippen LogP contribution >= 0.6 is 24.0 Å². The van der Waals surface area contributed by atoms with Crippen molar-refractivity contribution in [1.82, 2.24) is 10.6 Å². The first-order valence-electron chi connectivity index (χ1n) is 8.42. The van der Waals surface area contributed by atoms with Gasteiger partial charge in [0, 0.05) is 19.0 Å². The molecule has 1 saturated carbocycles. The van der Waals surface area contributed by atoms with E-state index in [0.29, 0.717) is 6.54 Å². The summed E-state index contributed by atoms with van der Waals surface area (Å²) < 4.78 is 14.1. The van der Waals surface area contributed by atoms with Crippen LogP contribution in [-0.4, -0.2) is 19.6 Å². The highest BCUT2D eigenvalue weighted by Crippen LogP contribution is 2.48. The zero-order valence-corrected chi connectivity index (χ0v) is 17.0. The molecule has 25 heavy (non-hydrogen) atoms. The average Bonchev–Trinajstić information content (AvgIpc) is 3.40. The van der Waals surface area contributed by atoms with E-state index in [-0.39, 0.29) is 41.3 Å². The van der Waals surface area contributed by atoms with Gasteiger partial charge >= 0.3 is 0 Å². The molecule has 0 heterocycles. The number of guanidine groups is 1. The number of aliphatic imine (C=N–C) groups is 1. The summed E-state index contributed by atoms with van der Waals surface area (Å²) >= 11 is 0. The van der Waals surface area contributed by atoms with Crippen LogP contribution < -0.4 is 10.6 Å². The number of nitrogens with one attached hydrogen (secondary N) is 2. The Hall–Kier alpha value is -1.63. The number of benzene rings is 2. The second-order valence-electron chi connectivity index (χ2n) is 6.46. The lowest BCUT2D eigenvalue weighted by molar-refractivity contribution is 0.557. The van der Waals surface area contributed by atoms with E-state index in [0.717, 1.165) is 24.4 Å². The largest absolute Gasteiger partial charge is 0.356 e. The number of hydrogen-bond acceptors (Lipinski definition) is 1. The summed E-state index contributed by atoms with van der Waals surface area (Å²) in [5.74, 6) is 0.631. The van der Waals surface area contributed by atoms with E-state index >= 15 is 0 Å². The maximum Gasteiger partial charge on any atom is 0.191 e. The molecular formula is C20H25FIN3. The quantitative estimate of drug-likeness (QED) is 0.400. The van der Waals surface area contributed by atoms with Gasteiger partial charge in [-0.15, -0.1) is 24.0 Å². The van der Waals surface area contributed by atoms with Crippen molar-refractivity contribution in [2.45, 2.75) is 31.2 Å². The van der Waals surface area contributed by atoms with Gasteiger partial charge in [0.2, 0.25) is 0 Å². The van der Waals surface area contributed by atoms with Crippen LogP contribution in [0.3, 0.4) is 0 Å². The van der Waals surface area contributed by atoms with Gasteiger partial charge in [0.1, 0.15) is 5.82 Å². The predicted octanol–water partition coefficient (Wildman–Crippen LogP) is 4.40. The van der Waals surface area contributed by atoms with Crippen LogP contribution in [0.5, 0.6) is 0 Å². The minimum Gasteiger partial charge on any atom is -0.356 e. The van der Waals surface area contributed by atoms with Crippen molar-refractivity contribution in [3.05, 3.63) is 71.5 Å². The molecule has 0 radical (unpaired) electrons. The Balaban J connectivity index is 0.00000225. The Morgan fingerprint density at radius 2 is 1.76 bits per heavy atom. The molecule has 1 aliphatic carbocycles. The van der Waals surface area contributed by atoms with Crippen molar-refractivity contribution in [2.24, 2.45) is 4.99 Å². The van der Waals surface area contributed by atoms with Gasteiger partial charge in [-0.05, 0) is 37.0 Å². The van der Waals surface area contributed by atoms with Gasteiger partial charge in [0.15, 0.2) is 5.96 Å². The molecule has 0 aliphatic heterocycles. The zero-order valence-electron chi connectivity index (χ0n) is 14.6. The molecule has 2 aromatic carbocycles. The van der Waals surface area contributed by atoms with E-state index in [9.17, 15) is 4.39 Å². The van der Waals surface area contributed by atoms with Crippen molar-refractivity contribution in [1.29, 1.82) is 0 Å². The van der Waals surface area contributed by atoms with Gasteiger partial charge < -0.3 is 10.6 Å². The summed E-state index contributed by atoms with van der Waals surface area (Å²) in [6, 6.07) is 17.5. The molecule has 0 aromatic heterocycles. The van der Waals surface area contributed by atoms with Crippen molar-refractivity contribution >= 4 is 29.9 Å². The Kier molecular flexibility index (Phi) is 6.81. The van der Waals surface area contributed by atoms with Gasteiger partial charge in [-0.25, -0.2) is 4.39 Å². The molecule has 134 valence electrons. The SMILES string of the molecule is CN=C(NCC1(c2ccccc2F)CC1)NC(C)c1ccccc1.I. The smallest absolute Gasteiger partial charge is 0.191 e. The normalized spacial score (nSPS) is 16.5. The Labute approximate surface area is 166 Å². The third-order valence-corrected chi connectivity index (χ3v) is 4.77. The maximum atomic E-state index is 14.1. The molecule has 0 amide bonds. The van der Waals surface area contributed by atoms with Gasteiger partial charge in [-0.3, -0.25) is 4.99 Å². The predicted molar refractivity (Wildman–Crippen MR) is 112 cm³/mol. The van der Waals surface area contributed by atoms with Crippen molar-refractivity contribution in [3.63, 3.8) is 0 Å². The molecular weight excluding hydrogens is 428 g/mol. The van der Waals surface area contributed by atoms with Crippen LogP contribution in [0, 0.1) is 5.82 Å². The highest BCUT2D eigenvalue weighted by Gasteiger charge is 2.45. The second-order valence-corrected chi connectivity index (χ2v) is 6.46. The third kappa shape index (κ3) is 4.71. The summed E-state index contributed by atoms with van der Waals surface area (Å²) in [6.45, 7) is 2.79. The molecule has 2 N–H and O–H groups in total. The molecule has 3 nitrogen and oxygen atoms in total. The van der Waals surface area contributed by atoms with Crippen LogP contribution in [0.2, 0.25) is 0 Å². The lowest BCUT2D eigenvalue weighted by Gasteiger charge is -2.22. The summed E-state index contributed by atoms with van der Waals surface area (Å²) in [5, 5.41) is 6.77. The van der Waals surface area contributed by atoms with Gasteiger partial charge in [-0.1, -0.05) is 48.5 Å². The maximum absolute atomic E-state index is 14.1. The van der Waals surface area contributed by atoms with Gasteiger partial charge in [0.05, 0.1) is 6.04 Å². The fraction of sp³-hybridized carbons (Fsp3) is 0.350. The first kappa shape index (κ1) is 19.7. The highest BCUT2D eigenvalue weighted by molar-refractivity contribution is 14.0. The average molecular weight is 453 g/mol. The summed E-state index contributed by atoms with van der Waals surface area (Å²) in [4.78, 5) is 4.30. The van der Waals surface area contributed by atoms with Crippen LogP contribution in [0.25, 0.3) is 0 Å². The van der Waals surface area contributed by atoms with Crippen molar-refractivity contribution in [3.8, 4) is 0 Å². The van der Waals surface area contributed by atoms with Crippen LogP contribution in [0.4, 0.5) is 4.39 Å². The van der Waals surface area contributed by atoms with Crippen LogP contribution in [0.15, 0.2) is 59.6 Å². The zero-order chi connectivity index (χ0) is 17.0. The molecule has 1 aliphatic rings. The molecule has 0 saturated heterocycles. The number of nitrogens with zero attached hydrogens (tertiary/aromatic N) is 1. The van der Waals surface area contributed by atoms with Crippen molar-refractivity contribution < 1.29 is 4.39 Å². The Bertz CT molecular complexity index is 714. The van der Waals surface area contributed by atoms with E-state index in [4.69, 9.17) is 0 Å². The Morgan fingerprint density at radius 1 is 1.12 bits per heavy atom. The number of rotatable bonds is 5. The molecule has 2 aromatic rings. The van der Waals surface area contributed by atoms with Crippen LogP contribution in [0.1, 0.15) is 36.9 Å². The minimum absolute atomic E-state index is 0. The van der Waals surface area contributed by atoms with E-state index in [1.54, 1.807) is 19.2 Å². The molecule has 0 spiro atoms. The number of hydrogen-bond donors (Lipinski definition) is 2. The first-order chi connectivity index (χ1) is 11.6. The summed E-state index contributed by atoms with van der Waals surface area (Å²) in [5.41, 5.74) is 1.92. The molecule has 0 bridgehead atoms.